The van der Waals surface area contributed by atoms with E-state index in [0.717, 1.165) is 23.3 Å². The highest BCUT2D eigenvalue weighted by Crippen LogP contribution is 2.45. The number of rotatable bonds is 4. The second-order valence-electron chi connectivity index (χ2n) is 11.3. The summed E-state index contributed by atoms with van der Waals surface area (Å²) in [6.07, 6.45) is -2.51. The lowest BCUT2D eigenvalue weighted by atomic mass is 9.69. The topological polar surface area (TPSA) is 85.1 Å². The third kappa shape index (κ3) is 5.12. The van der Waals surface area contributed by atoms with Crippen LogP contribution in [0.1, 0.15) is 60.3 Å². The monoisotopic (exact) mass is 535 g/mol. The molecule has 0 N–H and O–H groups in total. The quantitative estimate of drug-likeness (QED) is 0.540. The molecule has 0 radical (unpaired) electrons. The molecule has 1 atom stereocenters. The molecule has 1 aromatic heterocycles. The molecule has 0 bridgehead atoms. The maximum absolute atomic E-state index is 13.2. The Morgan fingerprint density at radius 1 is 1.16 bits per heavy atom. The van der Waals surface area contributed by atoms with Crippen molar-refractivity contribution in [2.24, 2.45) is 5.41 Å². The van der Waals surface area contributed by atoms with Gasteiger partial charge in [0.15, 0.2) is 0 Å². The molecule has 4 heterocycles. The number of amides is 1. The number of alkyl halides is 3. The Morgan fingerprint density at radius 2 is 1.87 bits per heavy atom. The Balaban J connectivity index is 1.32. The maximum atomic E-state index is 13.2. The standard InChI is InChI=1S/C27H32F3N3O5/c1-17-20(16-36-31-17)23(34)33-11-8-26(9-12-33)7-10-32(15-21(26)37-24(35)27(28,29)30)14-19-6-4-5-18-13-25(2,3)38-22(18)19/h4-6,16,21H,7-15H2,1-3H3. The molecular weight excluding hydrogens is 503 g/mol. The number of esters is 1. The molecule has 8 nitrogen and oxygen atoms in total. The summed E-state index contributed by atoms with van der Waals surface area (Å²) in [7, 11) is 0. The molecule has 1 unspecified atom stereocenters. The van der Waals surface area contributed by atoms with E-state index >= 15 is 0 Å². The summed E-state index contributed by atoms with van der Waals surface area (Å²) >= 11 is 0. The Bertz CT molecular complexity index is 1220. The van der Waals surface area contributed by atoms with Gasteiger partial charge in [0.05, 0.1) is 5.69 Å². The third-order valence-electron chi connectivity index (χ3n) is 8.11. The van der Waals surface area contributed by atoms with Gasteiger partial charge >= 0.3 is 12.1 Å². The first-order valence-corrected chi connectivity index (χ1v) is 12.9. The van der Waals surface area contributed by atoms with Crippen LogP contribution in [0.3, 0.4) is 0 Å². The smallest absolute Gasteiger partial charge is 0.487 e. The number of halogens is 3. The summed E-state index contributed by atoms with van der Waals surface area (Å²) in [5.74, 6) is -1.56. The predicted molar refractivity (Wildman–Crippen MR) is 129 cm³/mol. The second-order valence-corrected chi connectivity index (χ2v) is 11.3. The first kappa shape index (κ1) is 26.5. The summed E-state index contributed by atoms with van der Waals surface area (Å²) in [6.45, 7) is 7.70. The average Bonchev–Trinajstić information content (AvgIpc) is 3.42. The van der Waals surface area contributed by atoms with E-state index in [1.54, 1.807) is 11.8 Å². The van der Waals surface area contributed by atoms with Crippen molar-refractivity contribution in [3.63, 3.8) is 0 Å². The molecule has 206 valence electrons. The molecule has 38 heavy (non-hydrogen) atoms. The molecule has 2 aromatic rings. The lowest BCUT2D eigenvalue weighted by Crippen LogP contribution is -2.57. The zero-order valence-electron chi connectivity index (χ0n) is 21.8. The van der Waals surface area contributed by atoms with E-state index in [9.17, 15) is 22.8 Å². The van der Waals surface area contributed by atoms with E-state index in [1.807, 2.05) is 36.9 Å². The van der Waals surface area contributed by atoms with Crippen molar-refractivity contribution in [1.29, 1.82) is 0 Å². The number of aryl methyl sites for hydroxylation is 1. The van der Waals surface area contributed by atoms with Crippen LogP contribution in [0.5, 0.6) is 5.75 Å². The van der Waals surface area contributed by atoms with Crippen LogP contribution in [0.4, 0.5) is 13.2 Å². The van der Waals surface area contributed by atoms with Crippen LogP contribution >= 0.6 is 0 Å². The molecule has 2 fully saturated rings. The predicted octanol–water partition coefficient (Wildman–Crippen LogP) is 4.30. The van der Waals surface area contributed by atoms with Crippen molar-refractivity contribution in [2.45, 2.75) is 70.9 Å². The fourth-order valence-corrected chi connectivity index (χ4v) is 6.00. The van der Waals surface area contributed by atoms with Gasteiger partial charge < -0.3 is 18.9 Å². The molecule has 1 amide bonds. The van der Waals surface area contributed by atoms with Crippen molar-refractivity contribution in [3.8, 4) is 5.75 Å². The van der Waals surface area contributed by atoms with Gasteiger partial charge in [0.25, 0.3) is 5.91 Å². The zero-order chi connectivity index (χ0) is 27.3. The van der Waals surface area contributed by atoms with Crippen molar-refractivity contribution >= 4 is 11.9 Å². The summed E-state index contributed by atoms with van der Waals surface area (Å²) in [4.78, 5) is 28.5. The van der Waals surface area contributed by atoms with Crippen LogP contribution < -0.4 is 4.74 Å². The number of carbonyl (C=O) groups is 2. The van der Waals surface area contributed by atoms with Crippen LogP contribution in [-0.4, -0.2) is 70.9 Å². The van der Waals surface area contributed by atoms with Crippen LogP contribution in [0.15, 0.2) is 29.0 Å². The lowest BCUT2D eigenvalue weighted by molar-refractivity contribution is -0.216. The molecule has 3 aliphatic heterocycles. The number of hydrogen-bond acceptors (Lipinski definition) is 7. The van der Waals surface area contributed by atoms with Crippen molar-refractivity contribution < 1.29 is 36.8 Å². The van der Waals surface area contributed by atoms with Crippen LogP contribution in [0, 0.1) is 12.3 Å². The Kier molecular flexibility index (Phi) is 6.69. The fourth-order valence-electron chi connectivity index (χ4n) is 6.00. The molecule has 5 rings (SSSR count). The van der Waals surface area contributed by atoms with E-state index in [4.69, 9.17) is 14.0 Å². The number of hydrogen-bond donors (Lipinski definition) is 0. The first-order chi connectivity index (χ1) is 17.9. The van der Waals surface area contributed by atoms with E-state index in [0.29, 0.717) is 56.7 Å². The van der Waals surface area contributed by atoms with E-state index in [-0.39, 0.29) is 18.1 Å². The normalized spacial score (nSPS) is 22.7. The molecule has 0 saturated carbocycles. The van der Waals surface area contributed by atoms with Gasteiger partial charge in [-0.1, -0.05) is 23.4 Å². The third-order valence-corrected chi connectivity index (χ3v) is 8.11. The molecule has 11 heteroatoms. The highest BCUT2D eigenvalue weighted by Gasteiger charge is 2.51. The molecule has 3 aliphatic rings. The summed E-state index contributed by atoms with van der Waals surface area (Å²) in [5.41, 5.74) is 1.98. The number of likely N-dealkylation sites (tertiary alicyclic amines) is 2. The second kappa shape index (κ2) is 9.59. The van der Waals surface area contributed by atoms with E-state index < -0.39 is 23.7 Å². The highest BCUT2D eigenvalue weighted by atomic mass is 19.4. The number of carbonyl (C=O) groups excluding carboxylic acids is 2. The summed E-state index contributed by atoms with van der Waals surface area (Å²) in [6, 6.07) is 5.97. The number of aromatic nitrogens is 1. The van der Waals surface area contributed by atoms with Gasteiger partial charge in [-0.3, -0.25) is 9.69 Å². The minimum Gasteiger partial charge on any atom is -0.487 e. The summed E-state index contributed by atoms with van der Waals surface area (Å²) in [5, 5.41) is 3.75. The Morgan fingerprint density at radius 3 is 2.53 bits per heavy atom. The van der Waals surface area contributed by atoms with Crippen molar-refractivity contribution in [3.05, 3.63) is 46.8 Å². The van der Waals surface area contributed by atoms with Gasteiger partial charge in [0, 0.05) is 43.6 Å². The molecule has 2 saturated heterocycles. The minimum atomic E-state index is -5.08. The van der Waals surface area contributed by atoms with Crippen LogP contribution in [0.25, 0.3) is 0 Å². The minimum absolute atomic E-state index is 0.174. The SMILES string of the molecule is Cc1nocc1C(=O)N1CCC2(CCN(Cc3cccc4c3OC(C)(C)C4)CC2OC(=O)C(F)(F)F)CC1. The number of ether oxygens (including phenoxy) is 2. The van der Waals surface area contributed by atoms with Gasteiger partial charge in [-0.25, -0.2) is 4.79 Å². The van der Waals surface area contributed by atoms with Crippen LogP contribution in [-0.2, 0) is 22.5 Å². The summed E-state index contributed by atoms with van der Waals surface area (Å²) < 4.78 is 55.9. The number of nitrogens with zero attached hydrogens (tertiary/aromatic N) is 3. The van der Waals surface area contributed by atoms with Crippen LogP contribution in [0.2, 0.25) is 0 Å². The molecule has 1 aromatic carbocycles. The van der Waals surface area contributed by atoms with Gasteiger partial charge in [-0.05, 0) is 52.1 Å². The number of fused-ring (bicyclic) bond motifs is 1. The lowest BCUT2D eigenvalue weighted by Gasteiger charge is -2.51. The van der Waals surface area contributed by atoms with E-state index in [1.165, 1.54) is 6.26 Å². The number of para-hydroxylation sites is 1. The largest absolute Gasteiger partial charge is 0.490 e. The number of piperidine rings is 2. The van der Waals surface area contributed by atoms with Gasteiger partial charge in [0.1, 0.15) is 29.3 Å². The maximum Gasteiger partial charge on any atom is 0.490 e. The first-order valence-electron chi connectivity index (χ1n) is 12.9. The highest BCUT2D eigenvalue weighted by molar-refractivity contribution is 5.94. The van der Waals surface area contributed by atoms with Gasteiger partial charge in [-0.15, -0.1) is 0 Å². The molecule has 0 aliphatic carbocycles. The van der Waals surface area contributed by atoms with Gasteiger partial charge in [-0.2, -0.15) is 13.2 Å². The van der Waals surface area contributed by atoms with E-state index in [2.05, 4.69) is 5.16 Å². The van der Waals surface area contributed by atoms with Crippen molar-refractivity contribution in [2.75, 3.05) is 26.2 Å². The Labute approximate surface area is 219 Å². The van der Waals surface area contributed by atoms with Crippen molar-refractivity contribution in [1.82, 2.24) is 15.0 Å². The Hall–Kier alpha value is -3.08. The molecular formula is C27H32F3N3O5. The number of benzene rings is 1. The average molecular weight is 536 g/mol. The zero-order valence-corrected chi connectivity index (χ0v) is 21.8. The van der Waals surface area contributed by atoms with Gasteiger partial charge in [0.2, 0.25) is 0 Å². The fraction of sp³-hybridized carbons (Fsp3) is 0.593. The molecule has 1 spiro atoms.